The molecule has 74 valence electrons. The van der Waals surface area contributed by atoms with Gasteiger partial charge in [0.2, 0.25) is 5.91 Å². The van der Waals surface area contributed by atoms with Crippen molar-refractivity contribution in [3.8, 4) is 0 Å². The van der Waals surface area contributed by atoms with Crippen LogP contribution >= 0.6 is 0 Å². The van der Waals surface area contributed by atoms with E-state index in [0.29, 0.717) is 6.42 Å². The van der Waals surface area contributed by atoms with Crippen molar-refractivity contribution < 1.29 is 9.90 Å². The van der Waals surface area contributed by atoms with E-state index < -0.39 is 12.0 Å². The first-order valence-corrected chi connectivity index (χ1v) is 4.41. The van der Waals surface area contributed by atoms with Gasteiger partial charge < -0.3 is 10.8 Å². The zero-order valence-electron chi connectivity index (χ0n) is 7.94. The van der Waals surface area contributed by atoms with E-state index in [0.717, 1.165) is 6.42 Å². The van der Waals surface area contributed by atoms with Crippen molar-refractivity contribution in [3.63, 3.8) is 0 Å². The fourth-order valence-corrected chi connectivity index (χ4v) is 0.909. The molecule has 0 aliphatic heterocycles. The third-order valence-corrected chi connectivity index (χ3v) is 1.54. The van der Waals surface area contributed by atoms with Gasteiger partial charge in [-0.15, -0.1) is 0 Å². The normalized spacial score (nSPS) is 14.0. The second-order valence-electron chi connectivity index (χ2n) is 2.86. The Morgan fingerprint density at radius 1 is 1.54 bits per heavy atom. The van der Waals surface area contributed by atoms with Crippen molar-refractivity contribution in [1.29, 1.82) is 0 Å². The van der Waals surface area contributed by atoms with Crippen LogP contribution in [0.3, 0.4) is 0 Å². The first-order chi connectivity index (χ1) is 6.16. The van der Waals surface area contributed by atoms with Crippen LogP contribution in [0.25, 0.3) is 0 Å². The number of primary amides is 1. The van der Waals surface area contributed by atoms with E-state index >= 15 is 0 Å². The van der Waals surface area contributed by atoms with E-state index in [9.17, 15) is 9.90 Å². The lowest BCUT2D eigenvalue weighted by Gasteiger charge is -2.04. The average molecular weight is 183 g/mol. The largest absolute Gasteiger partial charge is 0.393 e. The molecule has 13 heavy (non-hydrogen) atoms. The molecule has 0 aromatic rings. The average Bonchev–Trinajstić information content (AvgIpc) is 2.02. The number of hydrogen-bond donors (Lipinski definition) is 2. The number of nitrogens with two attached hydrogens (primary N) is 1. The maximum atomic E-state index is 10.4. The standard InChI is InChI=1S/C10H17NO2/c1-2-3-4-5-6-7-9(12)8-10(11)13/h2-5,9,12H,6-8H2,1H3,(H2,11,13). The molecule has 0 aromatic carbocycles. The molecule has 0 aliphatic rings. The highest BCUT2D eigenvalue weighted by molar-refractivity contribution is 5.74. The summed E-state index contributed by atoms with van der Waals surface area (Å²) in [6.45, 7) is 1.94. The van der Waals surface area contributed by atoms with Crippen molar-refractivity contribution in [3.05, 3.63) is 24.3 Å². The van der Waals surface area contributed by atoms with Crippen LogP contribution < -0.4 is 5.73 Å². The van der Waals surface area contributed by atoms with Crippen LogP contribution in [0.1, 0.15) is 26.2 Å². The molecule has 0 radical (unpaired) electrons. The molecule has 3 nitrogen and oxygen atoms in total. The van der Waals surface area contributed by atoms with E-state index in [1.54, 1.807) is 0 Å². The fourth-order valence-electron chi connectivity index (χ4n) is 0.909. The van der Waals surface area contributed by atoms with Crippen LogP contribution in [0.4, 0.5) is 0 Å². The number of aliphatic hydroxyl groups excluding tert-OH is 1. The molecule has 0 aromatic heterocycles. The topological polar surface area (TPSA) is 63.3 Å². The molecule has 0 aliphatic carbocycles. The third-order valence-electron chi connectivity index (χ3n) is 1.54. The smallest absolute Gasteiger partial charge is 0.220 e. The molecule has 0 fully saturated rings. The monoisotopic (exact) mass is 183 g/mol. The van der Waals surface area contributed by atoms with Crippen LogP contribution in [-0.2, 0) is 4.79 Å². The van der Waals surface area contributed by atoms with Gasteiger partial charge in [-0.05, 0) is 19.8 Å². The summed E-state index contributed by atoms with van der Waals surface area (Å²) in [5.41, 5.74) is 4.92. The summed E-state index contributed by atoms with van der Waals surface area (Å²) in [7, 11) is 0. The number of carbonyl (C=O) groups is 1. The minimum absolute atomic E-state index is 0.0530. The molecule has 0 saturated heterocycles. The summed E-state index contributed by atoms with van der Waals surface area (Å²) in [6.07, 6.45) is 8.50. The first kappa shape index (κ1) is 11.9. The SMILES string of the molecule is CC=CC=CCCC(O)CC(N)=O. The molecule has 0 rings (SSSR count). The van der Waals surface area contributed by atoms with Crippen LogP contribution in [-0.4, -0.2) is 17.1 Å². The second-order valence-corrected chi connectivity index (χ2v) is 2.86. The summed E-state index contributed by atoms with van der Waals surface area (Å²) in [5, 5.41) is 9.22. The summed E-state index contributed by atoms with van der Waals surface area (Å²) in [4.78, 5) is 10.4. The van der Waals surface area contributed by atoms with Gasteiger partial charge in [0.05, 0.1) is 12.5 Å². The molecule has 0 heterocycles. The van der Waals surface area contributed by atoms with E-state index in [2.05, 4.69) is 0 Å². The Balaban J connectivity index is 3.47. The number of hydrogen-bond acceptors (Lipinski definition) is 2. The maximum Gasteiger partial charge on any atom is 0.220 e. The molecule has 0 saturated carbocycles. The Labute approximate surface area is 78.9 Å². The van der Waals surface area contributed by atoms with Crippen LogP contribution in [0.15, 0.2) is 24.3 Å². The molecule has 0 bridgehead atoms. The molecule has 1 unspecified atom stereocenters. The Morgan fingerprint density at radius 2 is 2.23 bits per heavy atom. The van der Waals surface area contributed by atoms with E-state index in [4.69, 9.17) is 5.73 Å². The van der Waals surface area contributed by atoms with Crippen molar-refractivity contribution in [1.82, 2.24) is 0 Å². The van der Waals surface area contributed by atoms with Gasteiger partial charge >= 0.3 is 0 Å². The zero-order valence-corrected chi connectivity index (χ0v) is 7.94. The lowest BCUT2D eigenvalue weighted by atomic mass is 10.1. The van der Waals surface area contributed by atoms with Gasteiger partial charge in [0.15, 0.2) is 0 Å². The van der Waals surface area contributed by atoms with Gasteiger partial charge in [0.1, 0.15) is 0 Å². The Hall–Kier alpha value is -1.09. The second kappa shape index (κ2) is 7.55. The van der Waals surface area contributed by atoms with E-state index in [1.807, 2.05) is 31.2 Å². The summed E-state index contributed by atoms with van der Waals surface area (Å²) < 4.78 is 0. The minimum atomic E-state index is -0.604. The lowest BCUT2D eigenvalue weighted by Crippen LogP contribution is -2.19. The van der Waals surface area contributed by atoms with Crippen LogP contribution in [0.5, 0.6) is 0 Å². The van der Waals surface area contributed by atoms with E-state index in [-0.39, 0.29) is 6.42 Å². The lowest BCUT2D eigenvalue weighted by molar-refractivity contribution is -0.119. The van der Waals surface area contributed by atoms with Gasteiger partial charge in [0.25, 0.3) is 0 Å². The zero-order chi connectivity index (χ0) is 10.1. The first-order valence-electron chi connectivity index (χ1n) is 4.41. The van der Waals surface area contributed by atoms with Crippen LogP contribution in [0.2, 0.25) is 0 Å². The summed E-state index contributed by atoms with van der Waals surface area (Å²) in [5.74, 6) is -0.454. The van der Waals surface area contributed by atoms with Crippen molar-refractivity contribution >= 4 is 5.91 Å². The van der Waals surface area contributed by atoms with Gasteiger partial charge in [0, 0.05) is 0 Å². The molecule has 3 N–H and O–H groups in total. The maximum absolute atomic E-state index is 10.4. The summed E-state index contributed by atoms with van der Waals surface area (Å²) in [6, 6.07) is 0. The highest BCUT2D eigenvalue weighted by atomic mass is 16.3. The third kappa shape index (κ3) is 8.82. The van der Waals surface area contributed by atoms with Gasteiger partial charge in [-0.3, -0.25) is 4.79 Å². The molecular weight excluding hydrogens is 166 g/mol. The molecule has 1 amide bonds. The number of aliphatic hydroxyl groups is 1. The Morgan fingerprint density at radius 3 is 2.77 bits per heavy atom. The highest BCUT2D eigenvalue weighted by Gasteiger charge is 2.05. The molecule has 1 atom stereocenters. The summed E-state index contributed by atoms with van der Waals surface area (Å²) >= 11 is 0. The molecule has 3 heteroatoms. The minimum Gasteiger partial charge on any atom is -0.393 e. The van der Waals surface area contributed by atoms with Crippen molar-refractivity contribution in [2.75, 3.05) is 0 Å². The fraction of sp³-hybridized carbons (Fsp3) is 0.500. The number of carbonyl (C=O) groups excluding carboxylic acids is 1. The van der Waals surface area contributed by atoms with Gasteiger partial charge in [-0.1, -0.05) is 24.3 Å². The predicted molar refractivity (Wildman–Crippen MR) is 53.0 cm³/mol. The van der Waals surface area contributed by atoms with Gasteiger partial charge in [-0.25, -0.2) is 0 Å². The van der Waals surface area contributed by atoms with Gasteiger partial charge in [-0.2, -0.15) is 0 Å². The van der Waals surface area contributed by atoms with Crippen molar-refractivity contribution in [2.24, 2.45) is 5.73 Å². The Bertz CT molecular complexity index is 197. The predicted octanol–water partition coefficient (Wildman–Crippen LogP) is 1.14. The van der Waals surface area contributed by atoms with Crippen molar-refractivity contribution in [2.45, 2.75) is 32.3 Å². The number of amides is 1. The van der Waals surface area contributed by atoms with Crippen LogP contribution in [0, 0.1) is 0 Å². The van der Waals surface area contributed by atoms with E-state index in [1.165, 1.54) is 0 Å². The molecule has 0 spiro atoms. The molecular formula is C10H17NO2. The Kier molecular flexibility index (Phi) is 6.92. The number of allylic oxidation sites excluding steroid dienone is 4. The quantitative estimate of drug-likeness (QED) is 0.606. The highest BCUT2D eigenvalue weighted by Crippen LogP contribution is 2.01. The number of rotatable bonds is 6.